The summed E-state index contributed by atoms with van der Waals surface area (Å²) in [7, 11) is 0. The van der Waals surface area contributed by atoms with Crippen molar-refractivity contribution in [2.24, 2.45) is 5.73 Å². The second-order valence-corrected chi connectivity index (χ2v) is 2.66. The van der Waals surface area contributed by atoms with Gasteiger partial charge in [0.05, 0.1) is 0 Å². The summed E-state index contributed by atoms with van der Waals surface area (Å²) < 4.78 is 0. The van der Waals surface area contributed by atoms with E-state index in [-0.39, 0.29) is 0 Å². The monoisotopic (exact) mass is 161 g/mol. The number of hydrogen-bond donors (Lipinski definition) is 1. The molecule has 0 aliphatic heterocycles. The van der Waals surface area contributed by atoms with Crippen molar-refractivity contribution in [3.8, 4) is 0 Å². The Hall–Kier alpha value is -1.57. The first-order chi connectivity index (χ1) is 5.65. The van der Waals surface area contributed by atoms with Gasteiger partial charge in [-0.25, -0.2) is 0 Å². The Morgan fingerprint density at radius 2 is 2.25 bits per heavy atom. The fraction of sp³-hybridized carbons (Fsp3) is 0.100. The smallest absolute Gasteiger partial charge is 0.249 e. The molecule has 62 valence electrons. The van der Waals surface area contributed by atoms with Gasteiger partial charge in [0.2, 0.25) is 5.91 Å². The normalized spacial score (nSPS) is 9.42. The molecule has 1 amide bonds. The van der Waals surface area contributed by atoms with Crippen LogP contribution in [0.15, 0.2) is 24.8 Å². The van der Waals surface area contributed by atoms with E-state index in [9.17, 15) is 4.79 Å². The zero-order valence-electron chi connectivity index (χ0n) is 7.00. The van der Waals surface area contributed by atoms with E-state index in [2.05, 4.69) is 6.58 Å². The van der Waals surface area contributed by atoms with Gasteiger partial charge in [-0.05, 0) is 18.6 Å². The summed E-state index contributed by atoms with van der Waals surface area (Å²) in [5, 5.41) is 0. The number of nitrogens with two attached hydrogens (primary N) is 1. The fourth-order valence-corrected chi connectivity index (χ4v) is 1.08. The molecular formula is C10H11NO. The van der Waals surface area contributed by atoms with Crippen LogP contribution in [0.4, 0.5) is 0 Å². The summed E-state index contributed by atoms with van der Waals surface area (Å²) in [6.45, 7) is 5.56. The van der Waals surface area contributed by atoms with Crippen molar-refractivity contribution in [1.82, 2.24) is 0 Å². The van der Waals surface area contributed by atoms with Gasteiger partial charge >= 0.3 is 0 Å². The lowest BCUT2D eigenvalue weighted by atomic mass is 10.0. The summed E-state index contributed by atoms with van der Waals surface area (Å²) in [6, 6.07) is 5.45. The van der Waals surface area contributed by atoms with E-state index < -0.39 is 5.91 Å². The van der Waals surface area contributed by atoms with Gasteiger partial charge in [-0.1, -0.05) is 30.4 Å². The van der Waals surface area contributed by atoms with Crippen molar-refractivity contribution in [2.75, 3.05) is 0 Å². The summed E-state index contributed by atoms with van der Waals surface area (Å²) in [4.78, 5) is 10.9. The molecule has 0 aromatic heterocycles. The highest BCUT2D eigenvalue weighted by Gasteiger charge is 2.04. The standard InChI is InChI=1S/C10H11NO/c1-3-8-6-7(2)4-5-9(8)10(11)12/h3-6H,1H2,2H3,(H2,11,12). The van der Waals surface area contributed by atoms with Crippen molar-refractivity contribution in [1.29, 1.82) is 0 Å². The van der Waals surface area contributed by atoms with E-state index >= 15 is 0 Å². The largest absolute Gasteiger partial charge is 0.366 e. The molecule has 0 unspecified atom stereocenters. The van der Waals surface area contributed by atoms with E-state index in [1.165, 1.54) is 0 Å². The highest BCUT2D eigenvalue weighted by Crippen LogP contribution is 2.11. The third-order valence-corrected chi connectivity index (χ3v) is 1.69. The topological polar surface area (TPSA) is 43.1 Å². The van der Waals surface area contributed by atoms with Gasteiger partial charge in [-0.2, -0.15) is 0 Å². The summed E-state index contributed by atoms with van der Waals surface area (Å²) in [5.41, 5.74) is 7.56. The Balaban J connectivity index is 3.29. The van der Waals surface area contributed by atoms with E-state index in [0.717, 1.165) is 11.1 Å². The maximum atomic E-state index is 10.9. The van der Waals surface area contributed by atoms with Crippen molar-refractivity contribution >= 4 is 12.0 Å². The number of carbonyl (C=O) groups excluding carboxylic acids is 1. The molecular weight excluding hydrogens is 150 g/mol. The molecule has 2 nitrogen and oxygen atoms in total. The zero-order valence-corrected chi connectivity index (χ0v) is 7.00. The van der Waals surface area contributed by atoms with Crippen LogP contribution >= 0.6 is 0 Å². The van der Waals surface area contributed by atoms with Gasteiger partial charge in [0.25, 0.3) is 0 Å². The number of primary amides is 1. The van der Waals surface area contributed by atoms with Gasteiger partial charge in [0.1, 0.15) is 0 Å². The average molecular weight is 161 g/mol. The Morgan fingerprint density at radius 3 is 2.75 bits per heavy atom. The van der Waals surface area contributed by atoms with Gasteiger partial charge in [-0.3, -0.25) is 4.79 Å². The van der Waals surface area contributed by atoms with Crippen LogP contribution in [-0.2, 0) is 0 Å². The maximum Gasteiger partial charge on any atom is 0.249 e. The molecule has 12 heavy (non-hydrogen) atoms. The lowest BCUT2D eigenvalue weighted by Gasteiger charge is -2.02. The number of rotatable bonds is 2. The van der Waals surface area contributed by atoms with Crippen LogP contribution in [0.1, 0.15) is 21.5 Å². The lowest BCUT2D eigenvalue weighted by molar-refractivity contribution is 0.1000. The SMILES string of the molecule is C=Cc1cc(C)ccc1C(N)=O. The molecule has 0 fully saturated rings. The van der Waals surface area contributed by atoms with Gasteiger partial charge < -0.3 is 5.73 Å². The predicted octanol–water partition coefficient (Wildman–Crippen LogP) is 1.74. The van der Waals surface area contributed by atoms with Crippen LogP contribution in [0.5, 0.6) is 0 Å². The molecule has 0 spiro atoms. The number of carbonyl (C=O) groups is 1. The van der Waals surface area contributed by atoms with Crippen molar-refractivity contribution in [3.63, 3.8) is 0 Å². The van der Waals surface area contributed by atoms with Gasteiger partial charge in [-0.15, -0.1) is 0 Å². The Bertz CT molecular complexity index is 329. The summed E-state index contributed by atoms with van der Waals surface area (Å²) >= 11 is 0. The Labute approximate surface area is 71.7 Å². The van der Waals surface area contributed by atoms with Crippen LogP contribution in [0, 0.1) is 6.92 Å². The summed E-state index contributed by atoms with van der Waals surface area (Å²) in [6.07, 6.45) is 1.63. The first kappa shape index (κ1) is 8.53. The number of benzene rings is 1. The van der Waals surface area contributed by atoms with Crippen LogP contribution in [-0.4, -0.2) is 5.91 Å². The minimum atomic E-state index is -0.412. The molecule has 0 atom stereocenters. The van der Waals surface area contributed by atoms with E-state index in [1.54, 1.807) is 12.1 Å². The first-order valence-corrected chi connectivity index (χ1v) is 3.68. The maximum absolute atomic E-state index is 10.9. The van der Waals surface area contributed by atoms with Crippen molar-refractivity contribution in [3.05, 3.63) is 41.5 Å². The van der Waals surface area contributed by atoms with Crippen LogP contribution in [0.3, 0.4) is 0 Å². The van der Waals surface area contributed by atoms with E-state index in [0.29, 0.717) is 5.56 Å². The average Bonchev–Trinajstić information content (AvgIpc) is 2.03. The van der Waals surface area contributed by atoms with Crippen molar-refractivity contribution < 1.29 is 4.79 Å². The third kappa shape index (κ3) is 1.53. The predicted molar refractivity (Wildman–Crippen MR) is 49.8 cm³/mol. The highest BCUT2D eigenvalue weighted by atomic mass is 16.1. The van der Waals surface area contributed by atoms with Crippen molar-refractivity contribution in [2.45, 2.75) is 6.92 Å². The lowest BCUT2D eigenvalue weighted by Crippen LogP contribution is -2.12. The molecule has 2 heteroatoms. The number of aryl methyl sites for hydroxylation is 1. The molecule has 0 heterocycles. The van der Waals surface area contributed by atoms with Crippen LogP contribution in [0.2, 0.25) is 0 Å². The van der Waals surface area contributed by atoms with Crippen LogP contribution in [0.25, 0.3) is 6.08 Å². The van der Waals surface area contributed by atoms with Crippen LogP contribution < -0.4 is 5.73 Å². The molecule has 1 rings (SSSR count). The quantitative estimate of drug-likeness (QED) is 0.705. The minimum Gasteiger partial charge on any atom is -0.366 e. The highest BCUT2D eigenvalue weighted by molar-refractivity contribution is 5.96. The third-order valence-electron chi connectivity index (χ3n) is 1.69. The summed E-state index contributed by atoms with van der Waals surface area (Å²) in [5.74, 6) is -0.412. The molecule has 0 aliphatic rings. The minimum absolute atomic E-state index is 0.412. The van der Waals surface area contributed by atoms with Gasteiger partial charge in [0.15, 0.2) is 0 Å². The Morgan fingerprint density at radius 1 is 1.58 bits per heavy atom. The molecule has 0 radical (unpaired) electrons. The van der Waals surface area contributed by atoms with E-state index in [1.807, 2.05) is 19.1 Å². The zero-order chi connectivity index (χ0) is 9.14. The fourth-order valence-electron chi connectivity index (χ4n) is 1.08. The molecule has 2 N–H and O–H groups in total. The molecule has 1 aromatic rings. The first-order valence-electron chi connectivity index (χ1n) is 3.68. The molecule has 1 aromatic carbocycles. The number of hydrogen-bond acceptors (Lipinski definition) is 1. The Kier molecular flexibility index (Phi) is 2.29. The second-order valence-electron chi connectivity index (χ2n) is 2.66. The molecule has 0 saturated heterocycles. The molecule has 0 saturated carbocycles. The molecule has 0 bridgehead atoms. The second kappa shape index (κ2) is 3.22. The number of amides is 1. The van der Waals surface area contributed by atoms with E-state index in [4.69, 9.17) is 5.73 Å². The van der Waals surface area contributed by atoms with Gasteiger partial charge in [0, 0.05) is 5.56 Å². The molecule has 0 aliphatic carbocycles.